The molecule has 0 amide bonds. The first-order valence-electron chi connectivity index (χ1n) is 15.9. The molecule has 2 saturated heterocycles. The van der Waals surface area contributed by atoms with Crippen LogP contribution in [0.2, 0.25) is 0 Å². The van der Waals surface area contributed by atoms with E-state index < -0.39 is 0 Å². The summed E-state index contributed by atoms with van der Waals surface area (Å²) in [5.41, 5.74) is 12.5. The Morgan fingerprint density at radius 1 is 0.762 bits per heavy atom. The third-order valence-corrected chi connectivity index (χ3v) is 9.68. The van der Waals surface area contributed by atoms with Gasteiger partial charge in [0, 0.05) is 30.2 Å². The van der Waals surface area contributed by atoms with Crippen molar-refractivity contribution in [2.24, 2.45) is 0 Å². The predicted molar refractivity (Wildman–Crippen MR) is 178 cm³/mol. The molecule has 3 fully saturated rings. The Balaban J connectivity index is 0.000000450. The summed E-state index contributed by atoms with van der Waals surface area (Å²) in [6.45, 7) is 9.87. The van der Waals surface area contributed by atoms with Crippen LogP contribution >= 0.6 is 0 Å². The summed E-state index contributed by atoms with van der Waals surface area (Å²) in [6.07, 6.45) is 13.1. The number of benzene rings is 3. The molecular weight excluding hydrogens is 516 g/mol. The average molecular weight is 565 g/mol. The Hall–Kier alpha value is -3.41. The van der Waals surface area contributed by atoms with E-state index in [2.05, 4.69) is 88.5 Å². The maximum atomic E-state index is 8.00. The molecule has 222 valence electrons. The van der Waals surface area contributed by atoms with E-state index in [1.54, 1.807) is 11.1 Å². The molecule has 2 heterocycles. The molecular formula is C37H48N4O. The second-order valence-corrected chi connectivity index (χ2v) is 12.2. The van der Waals surface area contributed by atoms with Crippen molar-refractivity contribution in [3.05, 3.63) is 84.1 Å². The summed E-state index contributed by atoms with van der Waals surface area (Å²) in [5.74, 6) is 0. The number of hydrogen-bond acceptors (Lipinski definition) is 5. The number of carbonyl (C=O) groups excluding carboxylic acids is 1. The summed E-state index contributed by atoms with van der Waals surface area (Å²) < 4.78 is 0. The van der Waals surface area contributed by atoms with Gasteiger partial charge in [0.05, 0.1) is 0 Å². The lowest BCUT2D eigenvalue weighted by Crippen LogP contribution is -2.26. The van der Waals surface area contributed by atoms with E-state index in [1.165, 1.54) is 99.6 Å². The minimum absolute atomic E-state index is 0.366. The van der Waals surface area contributed by atoms with Crippen molar-refractivity contribution in [2.75, 3.05) is 37.3 Å². The summed E-state index contributed by atoms with van der Waals surface area (Å²) in [6, 6.07) is 23.1. The minimum atomic E-state index is 0.366. The molecule has 1 spiro atoms. The van der Waals surface area contributed by atoms with Gasteiger partial charge in [-0.05, 0) is 134 Å². The lowest BCUT2D eigenvalue weighted by atomic mass is 9.76. The van der Waals surface area contributed by atoms with Crippen LogP contribution in [0.1, 0.15) is 68.9 Å². The van der Waals surface area contributed by atoms with E-state index in [0.717, 1.165) is 23.6 Å². The Labute approximate surface area is 252 Å². The van der Waals surface area contributed by atoms with Gasteiger partial charge in [-0.15, -0.1) is 0 Å². The van der Waals surface area contributed by atoms with Crippen LogP contribution in [0, 0.1) is 0 Å². The van der Waals surface area contributed by atoms with Gasteiger partial charge in [-0.25, -0.2) is 0 Å². The van der Waals surface area contributed by atoms with E-state index in [4.69, 9.17) is 4.79 Å². The molecule has 5 heteroatoms. The lowest BCUT2D eigenvalue weighted by molar-refractivity contribution is -0.0980. The van der Waals surface area contributed by atoms with Gasteiger partial charge in [0.15, 0.2) is 0 Å². The van der Waals surface area contributed by atoms with E-state index in [9.17, 15) is 0 Å². The van der Waals surface area contributed by atoms with Crippen molar-refractivity contribution >= 4 is 18.2 Å². The van der Waals surface area contributed by atoms with Crippen molar-refractivity contribution in [2.45, 2.75) is 75.7 Å². The van der Waals surface area contributed by atoms with Crippen molar-refractivity contribution in [1.82, 2.24) is 10.6 Å². The number of nitrogens with one attached hydrogen (secondary N) is 4. The second-order valence-electron chi connectivity index (χ2n) is 12.2. The first-order chi connectivity index (χ1) is 20.7. The molecule has 42 heavy (non-hydrogen) atoms. The molecule has 4 N–H and O–H groups in total. The van der Waals surface area contributed by atoms with Crippen LogP contribution in [0.15, 0.2) is 72.9 Å². The van der Waals surface area contributed by atoms with Crippen LogP contribution in [0.3, 0.4) is 0 Å². The largest absolute Gasteiger partial charge is 0.388 e. The fourth-order valence-corrected chi connectivity index (χ4v) is 7.49. The maximum Gasteiger partial charge on any atom is 0.106 e. The Bertz CT molecular complexity index is 1310. The molecule has 4 aliphatic rings. The van der Waals surface area contributed by atoms with Gasteiger partial charge in [-0.2, -0.15) is 0 Å². The van der Waals surface area contributed by atoms with E-state index in [0.29, 0.717) is 11.5 Å². The van der Waals surface area contributed by atoms with Gasteiger partial charge in [-0.1, -0.05) is 55.8 Å². The Kier molecular flexibility index (Phi) is 10.1. The molecule has 0 radical (unpaired) electrons. The number of carbonyl (C=O) groups is 1. The first-order valence-corrected chi connectivity index (χ1v) is 15.9. The summed E-state index contributed by atoms with van der Waals surface area (Å²) >= 11 is 0. The smallest absolute Gasteiger partial charge is 0.106 e. The summed E-state index contributed by atoms with van der Waals surface area (Å²) in [7, 11) is 1.98. The van der Waals surface area contributed by atoms with Gasteiger partial charge in [0.1, 0.15) is 6.79 Å². The highest BCUT2D eigenvalue weighted by atomic mass is 16.1. The maximum absolute atomic E-state index is 8.00. The fraction of sp³-hybridized carbons (Fsp3) is 0.432. The lowest BCUT2D eigenvalue weighted by Gasteiger charge is -2.28. The number of hydrogen-bond donors (Lipinski definition) is 4. The molecule has 0 bridgehead atoms. The highest BCUT2D eigenvalue weighted by Crippen LogP contribution is 2.55. The molecule has 3 aromatic carbocycles. The minimum Gasteiger partial charge on any atom is -0.388 e. The first kappa shape index (κ1) is 30.1. The summed E-state index contributed by atoms with van der Waals surface area (Å²) in [4.78, 5) is 8.00. The van der Waals surface area contributed by atoms with E-state index in [-0.39, 0.29) is 0 Å². The molecule has 1 atom stereocenters. The Morgan fingerprint density at radius 3 is 1.95 bits per heavy atom. The standard InChI is InChI=1S/C32H37N3.C4H9N.CH2O/c1-22(30-6-5-21-34-30)35-26-13-9-24(10-14-26)28-16-15-27(23-7-11-25(33-2)12-8-23)29-17-20-32(31(28)29)18-3-4-19-32;1-2-4-5-3-1;1-2/h7-16,30,33-35H,1,3-6,17-21H2,2H3;5H,1-4H2;1H2. The van der Waals surface area contributed by atoms with E-state index in [1.807, 2.05) is 13.8 Å². The van der Waals surface area contributed by atoms with Crippen LogP contribution in [0.25, 0.3) is 22.3 Å². The van der Waals surface area contributed by atoms with Crippen molar-refractivity contribution in [3.63, 3.8) is 0 Å². The van der Waals surface area contributed by atoms with Gasteiger partial charge >= 0.3 is 0 Å². The molecule has 0 aromatic heterocycles. The number of anilines is 2. The van der Waals surface area contributed by atoms with Crippen LogP contribution in [-0.4, -0.2) is 39.5 Å². The Morgan fingerprint density at radius 2 is 1.38 bits per heavy atom. The fourth-order valence-electron chi connectivity index (χ4n) is 7.49. The van der Waals surface area contributed by atoms with Crippen LogP contribution in [0.5, 0.6) is 0 Å². The van der Waals surface area contributed by atoms with E-state index >= 15 is 0 Å². The van der Waals surface area contributed by atoms with Gasteiger partial charge in [-0.3, -0.25) is 0 Å². The van der Waals surface area contributed by atoms with Crippen LogP contribution < -0.4 is 21.3 Å². The second kappa shape index (κ2) is 14.2. The summed E-state index contributed by atoms with van der Waals surface area (Å²) in [5, 5.41) is 13.5. The average Bonchev–Trinajstić information content (AvgIpc) is 3.89. The van der Waals surface area contributed by atoms with Crippen molar-refractivity contribution < 1.29 is 4.79 Å². The SMILES string of the molecule is C1CCNC1.C=C(Nc1ccc(-c2ccc(-c3ccc(NC)cc3)c3c2C2(CCCC2)CC3)cc1)C1CCCN1.C=O. The van der Waals surface area contributed by atoms with Crippen molar-refractivity contribution in [3.8, 4) is 22.3 Å². The third kappa shape index (κ3) is 6.48. The van der Waals surface area contributed by atoms with Gasteiger partial charge < -0.3 is 26.1 Å². The van der Waals surface area contributed by atoms with Gasteiger partial charge in [0.2, 0.25) is 0 Å². The van der Waals surface area contributed by atoms with Crippen LogP contribution in [-0.2, 0) is 16.6 Å². The number of fused-ring (bicyclic) bond motifs is 2. The normalized spacial score (nSPS) is 19.8. The zero-order chi connectivity index (χ0) is 29.4. The van der Waals surface area contributed by atoms with Crippen LogP contribution in [0.4, 0.5) is 11.4 Å². The molecule has 5 nitrogen and oxygen atoms in total. The molecule has 3 aromatic rings. The quantitative estimate of drug-likeness (QED) is 0.247. The molecule has 1 saturated carbocycles. The number of rotatable bonds is 6. The topological polar surface area (TPSA) is 65.2 Å². The monoisotopic (exact) mass is 564 g/mol. The molecule has 2 aliphatic carbocycles. The highest BCUT2D eigenvalue weighted by Gasteiger charge is 2.43. The van der Waals surface area contributed by atoms with Gasteiger partial charge in [0.25, 0.3) is 0 Å². The van der Waals surface area contributed by atoms with Crippen molar-refractivity contribution in [1.29, 1.82) is 0 Å². The zero-order valence-electron chi connectivity index (χ0n) is 25.4. The third-order valence-electron chi connectivity index (χ3n) is 9.68. The molecule has 7 rings (SSSR count). The molecule has 2 aliphatic heterocycles. The molecule has 1 unspecified atom stereocenters. The predicted octanol–water partition coefficient (Wildman–Crippen LogP) is 7.68. The highest BCUT2D eigenvalue weighted by molar-refractivity contribution is 5.81. The zero-order valence-corrected chi connectivity index (χ0v) is 25.4.